The summed E-state index contributed by atoms with van der Waals surface area (Å²) in [6.45, 7) is 6.21. The maximum Gasteiger partial charge on any atom is 0.433 e. The Morgan fingerprint density at radius 3 is 2.40 bits per heavy atom. The molecule has 0 bridgehead atoms. The highest BCUT2D eigenvalue weighted by Gasteiger charge is 2.33. The molecule has 3 nitrogen and oxygen atoms in total. The molecule has 0 unspecified atom stereocenters. The molecule has 3 aromatic heterocycles. The van der Waals surface area contributed by atoms with Gasteiger partial charge in [-0.15, -0.1) is 0 Å². The van der Waals surface area contributed by atoms with Gasteiger partial charge in [-0.1, -0.05) is 45.0 Å². The molecule has 0 N–H and O–H groups in total. The Morgan fingerprint density at radius 2 is 1.72 bits per heavy atom. The van der Waals surface area contributed by atoms with Crippen LogP contribution in [0.1, 0.15) is 32.2 Å². The molecule has 0 fully saturated rings. The van der Waals surface area contributed by atoms with Gasteiger partial charge < -0.3 is 0 Å². The van der Waals surface area contributed by atoms with Crippen molar-refractivity contribution < 1.29 is 13.2 Å². The van der Waals surface area contributed by atoms with E-state index < -0.39 is 11.9 Å². The van der Waals surface area contributed by atoms with Crippen LogP contribution in [-0.2, 0) is 11.6 Å². The van der Waals surface area contributed by atoms with Crippen molar-refractivity contribution in [3.63, 3.8) is 0 Å². The molecule has 4 aromatic rings. The highest BCUT2D eigenvalue weighted by Crippen LogP contribution is 2.34. The number of fused-ring (bicyclic) bond motifs is 5. The molecule has 25 heavy (non-hydrogen) atoms. The van der Waals surface area contributed by atoms with Gasteiger partial charge in [-0.3, -0.25) is 4.40 Å². The number of alkyl halides is 3. The molecule has 0 aliphatic heterocycles. The summed E-state index contributed by atoms with van der Waals surface area (Å²) in [4.78, 5) is 8.13. The third kappa shape index (κ3) is 2.44. The molecule has 4 rings (SSSR count). The standard InChI is InChI=1S/C19H16F3N3/c1-18(2,3)16-8-11-6-4-5-7-12(11)17-24-13-9-15(19(20,21)22)23-10-14(13)25(16)17/h4-10H,1-3H3. The number of benzene rings is 1. The Balaban J connectivity index is 2.20. The van der Waals surface area contributed by atoms with Crippen LogP contribution in [0.2, 0.25) is 0 Å². The van der Waals surface area contributed by atoms with E-state index in [1.165, 1.54) is 6.20 Å². The van der Waals surface area contributed by atoms with Gasteiger partial charge in [-0.25, -0.2) is 9.97 Å². The van der Waals surface area contributed by atoms with Gasteiger partial charge in [0.2, 0.25) is 0 Å². The number of pyridine rings is 2. The summed E-state index contributed by atoms with van der Waals surface area (Å²) in [6.07, 6.45) is -3.22. The molecule has 0 aliphatic rings. The molecule has 3 heterocycles. The van der Waals surface area contributed by atoms with E-state index in [0.29, 0.717) is 16.7 Å². The zero-order valence-electron chi connectivity index (χ0n) is 14.0. The molecule has 1 aromatic carbocycles. The summed E-state index contributed by atoms with van der Waals surface area (Å²) < 4.78 is 40.9. The second kappa shape index (κ2) is 4.94. The van der Waals surface area contributed by atoms with Crippen molar-refractivity contribution in [1.29, 1.82) is 0 Å². The molecule has 0 saturated heterocycles. The zero-order valence-corrected chi connectivity index (χ0v) is 14.0. The van der Waals surface area contributed by atoms with E-state index in [9.17, 15) is 13.2 Å². The Labute approximate surface area is 142 Å². The number of hydrogen-bond acceptors (Lipinski definition) is 2. The van der Waals surface area contributed by atoms with Gasteiger partial charge in [0.05, 0.1) is 17.2 Å². The normalized spacial score (nSPS) is 13.2. The average molecular weight is 343 g/mol. The summed E-state index contributed by atoms with van der Waals surface area (Å²) in [5, 5.41) is 1.92. The van der Waals surface area contributed by atoms with E-state index in [1.807, 2.05) is 28.7 Å². The van der Waals surface area contributed by atoms with Crippen LogP contribution in [0.25, 0.3) is 27.5 Å². The van der Waals surface area contributed by atoms with E-state index in [4.69, 9.17) is 0 Å². The highest BCUT2D eigenvalue weighted by atomic mass is 19.4. The molecule has 0 aliphatic carbocycles. The van der Waals surface area contributed by atoms with E-state index >= 15 is 0 Å². The lowest BCUT2D eigenvalue weighted by molar-refractivity contribution is -0.141. The van der Waals surface area contributed by atoms with Crippen LogP contribution in [0.4, 0.5) is 13.2 Å². The van der Waals surface area contributed by atoms with Crippen LogP contribution in [0, 0.1) is 0 Å². The van der Waals surface area contributed by atoms with Crippen molar-refractivity contribution in [3.8, 4) is 0 Å². The minimum Gasteiger partial charge on any atom is -0.294 e. The van der Waals surface area contributed by atoms with Crippen molar-refractivity contribution in [2.24, 2.45) is 0 Å². The van der Waals surface area contributed by atoms with Crippen LogP contribution in [-0.4, -0.2) is 14.4 Å². The van der Waals surface area contributed by atoms with E-state index in [-0.39, 0.29) is 5.41 Å². The van der Waals surface area contributed by atoms with E-state index in [2.05, 4.69) is 36.8 Å². The van der Waals surface area contributed by atoms with Gasteiger partial charge in [0.1, 0.15) is 11.3 Å². The van der Waals surface area contributed by atoms with Gasteiger partial charge >= 0.3 is 6.18 Å². The lowest BCUT2D eigenvalue weighted by atomic mass is 9.90. The molecule has 0 spiro atoms. The van der Waals surface area contributed by atoms with Gasteiger partial charge in [-0.2, -0.15) is 13.2 Å². The van der Waals surface area contributed by atoms with Crippen LogP contribution in [0.3, 0.4) is 0 Å². The Bertz CT molecular complexity index is 1120. The second-order valence-corrected chi connectivity index (χ2v) is 7.19. The van der Waals surface area contributed by atoms with Crippen LogP contribution < -0.4 is 0 Å². The fourth-order valence-electron chi connectivity index (χ4n) is 3.15. The first-order valence-electron chi connectivity index (χ1n) is 7.94. The molecule has 0 saturated carbocycles. The first-order valence-corrected chi connectivity index (χ1v) is 7.94. The molecular weight excluding hydrogens is 327 g/mol. The topological polar surface area (TPSA) is 30.2 Å². The first kappa shape index (κ1) is 15.9. The van der Waals surface area contributed by atoms with Crippen LogP contribution in [0.15, 0.2) is 42.6 Å². The second-order valence-electron chi connectivity index (χ2n) is 7.19. The lowest BCUT2D eigenvalue weighted by Gasteiger charge is -2.22. The third-order valence-corrected chi connectivity index (χ3v) is 4.33. The molecule has 0 atom stereocenters. The lowest BCUT2D eigenvalue weighted by Crippen LogP contribution is -2.16. The molecule has 128 valence electrons. The summed E-state index contributed by atoms with van der Waals surface area (Å²) in [5.41, 5.74) is 1.37. The van der Waals surface area contributed by atoms with Crippen molar-refractivity contribution in [2.45, 2.75) is 32.4 Å². The van der Waals surface area contributed by atoms with Crippen molar-refractivity contribution >= 4 is 27.5 Å². The van der Waals surface area contributed by atoms with Crippen LogP contribution >= 0.6 is 0 Å². The van der Waals surface area contributed by atoms with Crippen LogP contribution in [0.5, 0.6) is 0 Å². The maximum absolute atomic E-state index is 13.0. The minimum atomic E-state index is -4.49. The SMILES string of the molecule is CC(C)(C)c1cc2ccccc2c2nc3cc(C(F)(F)F)ncc3n12. The number of nitrogens with zero attached hydrogens (tertiary/aromatic N) is 3. The summed E-state index contributed by atoms with van der Waals surface area (Å²) in [6, 6.07) is 10.9. The van der Waals surface area contributed by atoms with Crippen molar-refractivity contribution in [3.05, 3.63) is 54.0 Å². The predicted molar refractivity (Wildman–Crippen MR) is 91.7 cm³/mol. The quantitative estimate of drug-likeness (QED) is 0.431. The van der Waals surface area contributed by atoms with Crippen molar-refractivity contribution in [2.75, 3.05) is 0 Å². The molecule has 6 heteroatoms. The summed E-state index contributed by atoms with van der Waals surface area (Å²) in [5.74, 6) is 0. The van der Waals surface area contributed by atoms with Crippen molar-refractivity contribution in [1.82, 2.24) is 14.4 Å². The highest BCUT2D eigenvalue weighted by molar-refractivity contribution is 5.98. The number of aromatic nitrogens is 3. The monoisotopic (exact) mass is 343 g/mol. The number of imidazole rings is 1. The summed E-state index contributed by atoms with van der Waals surface area (Å²) >= 11 is 0. The predicted octanol–water partition coefficient (Wildman–Crippen LogP) is 5.35. The summed E-state index contributed by atoms with van der Waals surface area (Å²) in [7, 11) is 0. The number of rotatable bonds is 0. The Hall–Kier alpha value is -2.63. The third-order valence-electron chi connectivity index (χ3n) is 4.33. The molecular formula is C19H16F3N3. The maximum atomic E-state index is 13.0. The van der Waals surface area contributed by atoms with E-state index in [1.54, 1.807) is 0 Å². The number of halogens is 3. The largest absolute Gasteiger partial charge is 0.433 e. The zero-order chi connectivity index (χ0) is 18.0. The van der Waals surface area contributed by atoms with Gasteiger partial charge in [0.15, 0.2) is 0 Å². The molecule has 0 radical (unpaired) electrons. The van der Waals surface area contributed by atoms with E-state index in [0.717, 1.165) is 22.5 Å². The Kier molecular flexibility index (Phi) is 3.14. The van der Waals surface area contributed by atoms with Gasteiger partial charge in [0.25, 0.3) is 0 Å². The molecule has 0 amide bonds. The smallest absolute Gasteiger partial charge is 0.294 e. The fraction of sp³-hybridized carbons (Fsp3) is 0.263. The number of hydrogen-bond donors (Lipinski definition) is 0. The first-order chi connectivity index (χ1) is 11.7. The average Bonchev–Trinajstić information content (AvgIpc) is 2.91. The van der Waals surface area contributed by atoms with Gasteiger partial charge in [-0.05, 0) is 17.5 Å². The Morgan fingerprint density at radius 1 is 1.00 bits per heavy atom. The van der Waals surface area contributed by atoms with Gasteiger partial charge in [0, 0.05) is 16.5 Å². The minimum absolute atomic E-state index is 0.210. The fourth-order valence-corrected chi connectivity index (χ4v) is 3.15.